The van der Waals surface area contributed by atoms with Crippen LogP contribution in [0.25, 0.3) is 10.9 Å². The number of aromatic nitrogens is 1. The van der Waals surface area contributed by atoms with Gasteiger partial charge in [0, 0.05) is 30.3 Å². The smallest absolute Gasteiger partial charge is 0.0662 e. The summed E-state index contributed by atoms with van der Waals surface area (Å²) in [7, 11) is 2.14. The highest BCUT2D eigenvalue weighted by atomic mass is 16.5. The summed E-state index contributed by atoms with van der Waals surface area (Å²) in [4.78, 5) is 0. The number of aryl methyl sites for hydroxylation is 1. The monoisotopic (exact) mass is 244 g/mol. The van der Waals surface area contributed by atoms with Crippen LogP contribution in [0.4, 0.5) is 0 Å². The molecule has 1 fully saturated rings. The van der Waals surface area contributed by atoms with Crippen LogP contribution in [0.3, 0.4) is 0 Å². The van der Waals surface area contributed by atoms with E-state index in [1.807, 2.05) is 0 Å². The first-order valence-electron chi connectivity index (χ1n) is 6.64. The summed E-state index contributed by atoms with van der Waals surface area (Å²) in [6, 6.07) is 8.93. The van der Waals surface area contributed by atoms with E-state index in [0.29, 0.717) is 6.04 Å². The molecule has 1 aliphatic heterocycles. The fourth-order valence-electron chi connectivity index (χ4n) is 2.89. The van der Waals surface area contributed by atoms with Gasteiger partial charge in [-0.15, -0.1) is 0 Å². The van der Waals surface area contributed by atoms with Gasteiger partial charge in [-0.3, -0.25) is 0 Å². The molecule has 0 bridgehead atoms. The molecule has 0 saturated carbocycles. The minimum Gasteiger partial charge on any atom is -0.379 e. The Morgan fingerprint density at radius 3 is 3.06 bits per heavy atom. The fraction of sp³-hybridized carbons (Fsp3) is 0.467. The second kappa shape index (κ2) is 4.75. The molecule has 1 aliphatic rings. The molecule has 2 heterocycles. The molecule has 1 atom stereocenters. The predicted octanol–water partition coefficient (Wildman–Crippen LogP) is 2.54. The Bertz CT molecular complexity index is 551. The first kappa shape index (κ1) is 11.8. The lowest BCUT2D eigenvalue weighted by molar-refractivity contribution is 0.131. The van der Waals surface area contributed by atoms with E-state index in [-0.39, 0.29) is 0 Å². The minimum atomic E-state index is 0.318. The maximum absolute atomic E-state index is 5.70. The highest BCUT2D eigenvalue weighted by Crippen LogP contribution is 2.30. The van der Waals surface area contributed by atoms with Gasteiger partial charge in [0.25, 0.3) is 0 Å². The SMILES string of the molecule is Cc1c(C2COCCCN2)c2ccccc2n1C. The van der Waals surface area contributed by atoms with Crippen molar-refractivity contribution in [1.82, 2.24) is 9.88 Å². The third-order valence-corrected chi connectivity index (χ3v) is 3.94. The zero-order valence-electron chi connectivity index (χ0n) is 11.1. The third-order valence-electron chi connectivity index (χ3n) is 3.94. The van der Waals surface area contributed by atoms with Crippen molar-refractivity contribution in [2.75, 3.05) is 19.8 Å². The van der Waals surface area contributed by atoms with Gasteiger partial charge >= 0.3 is 0 Å². The van der Waals surface area contributed by atoms with Gasteiger partial charge in [0.05, 0.1) is 12.6 Å². The maximum atomic E-state index is 5.70. The second-order valence-corrected chi connectivity index (χ2v) is 5.01. The van der Waals surface area contributed by atoms with Crippen molar-refractivity contribution < 1.29 is 4.74 Å². The highest BCUT2D eigenvalue weighted by Gasteiger charge is 2.21. The van der Waals surface area contributed by atoms with E-state index in [2.05, 4.69) is 48.1 Å². The molecule has 1 aromatic heterocycles. The van der Waals surface area contributed by atoms with Crippen molar-refractivity contribution in [3.05, 3.63) is 35.5 Å². The molecule has 0 amide bonds. The minimum absolute atomic E-state index is 0.318. The van der Waals surface area contributed by atoms with Crippen molar-refractivity contribution in [2.45, 2.75) is 19.4 Å². The standard InChI is InChI=1S/C15H20N2O/c1-11-15(13-10-18-9-5-8-16-13)12-6-3-4-7-14(12)17(11)2/h3-4,6-7,13,16H,5,8-10H2,1-2H3. The van der Waals surface area contributed by atoms with Crippen LogP contribution >= 0.6 is 0 Å². The number of nitrogens with one attached hydrogen (secondary N) is 1. The van der Waals surface area contributed by atoms with Crippen molar-refractivity contribution in [1.29, 1.82) is 0 Å². The summed E-state index contributed by atoms with van der Waals surface area (Å²) in [5.41, 5.74) is 4.03. The number of hydrogen-bond acceptors (Lipinski definition) is 2. The van der Waals surface area contributed by atoms with Crippen LogP contribution in [0.1, 0.15) is 23.7 Å². The summed E-state index contributed by atoms with van der Waals surface area (Å²) in [5, 5.41) is 4.95. The molecule has 1 aromatic carbocycles. The Hall–Kier alpha value is -1.32. The predicted molar refractivity (Wildman–Crippen MR) is 73.8 cm³/mol. The van der Waals surface area contributed by atoms with Crippen molar-refractivity contribution in [2.24, 2.45) is 7.05 Å². The molecule has 18 heavy (non-hydrogen) atoms. The summed E-state index contributed by atoms with van der Waals surface area (Å²) in [6.45, 7) is 4.87. The number of hydrogen-bond donors (Lipinski definition) is 1. The topological polar surface area (TPSA) is 26.2 Å². The lowest BCUT2D eigenvalue weighted by Gasteiger charge is -2.16. The molecule has 3 heteroatoms. The van der Waals surface area contributed by atoms with Gasteiger partial charge in [-0.25, -0.2) is 0 Å². The maximum Gasteiger partial charge on any atom is 0.0662 e. The Balaban J connectivity index is 2.12. The van der Waals surface area contributed by atoms with Crippen LogP contribution in [0.2, 0.25) is 0 Å². The number of para-hydroxylation sites is 1. The Morgan fingerprint density at radius 2 is 2.17 bits per heavy atom. The summed E-state index contributed by atoms with van der Waals surface area (Å²) in [5.74, 6) is 0. The molecule has 3 nitrogen and oxygen atoms in total. The zero-order chi connectivity index (χ0) is 12.5. The third kappa shape index (κ3) is 1.84. The molecule has 0 spiro atoms. The fourth-order valence-corrected chi connectivity index (χ4v) is 2.89. The molecule has 0 radical (unpaired) electrons. The van der Waals surface area contributed by atoms with Crippen LogP contribution in [-0.4, -0.2) is 24.3 Å². The molecule has 1 N–H and O–H groups in total. The van der Waals surface area contributed by atoms with E-state index in [1.54, 1.807) is 0 Å². The van der Waals surface area contributed by atoms with Gasteiger partial charge in [-0.1, -0.05) is 18.2 Å². The molecule has 1 saturated heterocycles. The zero-order valence-corrected chi connectivity index (χ0v) is 11.1. The van der Waals surface area contributed by atoms with E-state index in [1.165, 1.54) is 22.2 Å². The van der Waals surface area contributed by atoms with Crippen molar-refractivity contribution in [3.63, 3.8) is 0 Å². The van der Waals surface area contributed by atoms with E-state index in [0.717, 1.165) is 26.2 Å². The number of rotatable bonds is 1. The molecule has 3 rings (SSSR count). The van der Waals surface area contributed by atoms with Crippen LogP contribution in [0, 0.1) is 6.92 Å². The number of fused-ring (bicyclic) bond motifs is 1. The Morgan fingerprint density at radius 1 is 1.33 bits per heavy atom. The second-order valence-electron chi connectivity index (χ2n) is 5.01. The number of nitrogens with zero attached hydrogens (tertiary/aromatic N) is 1. The summed E-state index contributed by atoms with van der Waals surface area (Å²) in [6.07, 6.45) is 1.10. The van der Waals surface area contributed by atoms with Gasteiger partial charge in [-0.2, -0.15) is 0 Å². The molecule has 1 unspecified atom stereocenters. The lowest BCUT2D eigenvalue weighted by atomic mass is 10.0. The van der Waals surface area contributed by atoms with Gasteiger partial charge in [0.1, 0.15) is 0 Å². The molecule has 0 aliphatic carbocycles. The van der Waals surface area contributed by atoms with Gasteiger partial charge < -0.3 is 14.6 Å². The van der Waals surface area contributed by atoms with E-state index in [4.69, 9.17) is 4.74 Å². The van der Waals surface area contributed by atoms with Crippen LogP contribution in [0.15, 0.2) is 24.3 Å². The molecule has 2 aromatic rings. The summed E-state index contributed by atoms with van der Waals surface area (Å²) < 4.78 is 7.98. The molecular formula is C15H20N2O. The highest BCUT2D eigenvalue weighted by molar-refractivity contribution is 5.86. The average molecular weight is 244 g/mol. The van der Waals surface area contributed by atoms with Crippen molar-refractivity contribution >= 4 is 10.9 Å². The molecule has 96 valence electrons. The molecular weight excluding hydrogens is 224 g/mol. The van der Waals surface area contributed by atoms with Crippen LogP contribution in [-0.2, 0) is 11.8 Å². The van der Waals surface area contributed by atoms with Crippen LogP contribution < -0.4 is 5.32 Å². The quantitative estimate of drug-likeness (QED) is 0.834. The van der Waals surface area contributed by atoms with Gasteiger partial charge in [0.15, 0.2) is 0 Å². The largest absolute Gasteiger partial charge is 0.379 e. The Labute approximate surface area is 108 Å². The first-order valence-corrected chi connectivity index (χ1v) is 6.64. The van der Waals surface area contributed by atoms with Gasteiger partial charge in [-0.05, 0) is 31.5 Å². The lowest BCUT2D eigenvalue weighted by Crippen LogP contribution is -2.24. The Kier molecular flexibility index (Phi) is 3.10. The van der Waals surface area contributed by atoms with Crippen molar-refractivity contribution in [3.8, 4) is 0 Å². The number of benzene rings is 1. The average Bonchev–Trinajstić information content (AvgIpc) is 2.61. The van der Waals surface area contributed by atoms with E-state index >= 15 is 0 Å². The van der Waals surface area contributed by atoms with Gasteiger partial charge in [0.2, 0.25) is 0 Å². The van der Waals surface area contributed by atoms with Crippen LogP contribution in [0.5, 0.6) is 0 Å². The number of ether oxygens (including phenoxy) is 1. The first-order chi connectivity index (χ1) is 8.79. The normalized spacial score (nSPS) is 21.1. The van der Waals surface area contributed by atoms with E-state index < -0.39 is 0 Å². The van der Waals surface area contributed by atoms with E-state index in [9.17, 15) is 0 Å². The summed E-state index contributed by atoms with van der Waals surface area (Å²) >= 11 is 0.